The van der Waals surface area contributed by atoms with Crippen LogP contribution in [0.3, 0.4) is 0 Å². The molecule has 0 spiro atoms. The minimum Gasteiger partial charge on any atom is -0.373 e. The summed E-state index contributed by atoms with van der Waals surface area (Å²) >= 11 is 1.89. The topological polar surface area (TPSA) is 37.8 Å². The zero-order chi connectivity index (χ0) is 11.1. The third kappa shape index (κ3) is 4.08. The van der Waals surface area contributed by atoms with E-state index in [4.69, 9.17) is 0 Å². The van der Waals surface area contributed by atoms with Crippen LogP contribution in [0, 0.1) is 0 Å². The molecule has 0 fully saturated rings. The van der Waals surface area contributed by atoms with Gasteiger partial charge in [0.05, 0.1) is 5.75 Å². The molecule has 1 heterocycles. The molecule has 0 aliphatic heterocycles. The Morgan fingerprint density at radius 2 is 2.13 bits per heavy atom. The summed E-state index contributed by atoms with van der Waals surface area (Å²) in [5.41, 5.74) is 1.11. The van der Waals surface area contributed by atoms with Crippen LogP contribution >= 0.6 is 11.8 Å². The summed E-state index contributed by atoms with van der Waals surface area (Å²) in [7, 11) is 1.89. The van der Waals surface area contributed by atoms with Crippen LogP contribution in [0.4, 0.5) is 5.82 Å². The van der Waals surface area contributed by atoms with Crippen molar-refractivity contribution >= 4 is 17.6 Å². The highest BCUT2D eigenvalue weighted by molar-refractivity contribution is 7.98. The molecule has 0 unspecified atom stereocenters. The van der Waals surface area contributed by atoms with Crippen molar-refractivity contribution in [2.24, 2.45) is 0 Å². The Kier molecular flexibility index (Phi) is 5.47. The van der Waals surface area contributed by atoms with Gasteiger partial charge in [0.25, 0.3) is 0 Å². The minimum absolute atomic E-state index is 0.913. The van der Waals surface area contributed by atoms with Gasteiger partial charge in [-0.15, -0.1) is 0 Å². The Morgan fingerprint density at radius 3 is 2.73 bits per heavy atom. The van der Waals surface area contributed by atoms with Crippen LogP contribution in [0.25, 0.3) is 0 Å². The van der Waals surface area contributed by atoms with Crippen molar-refractivity contribution in [2.45, 2.75) is 32.4 Å². The lowest BCUT2D eigenvalue weighted by atomic mass is 10.3. The molecule has 0 amide bonds. The average Bonchev–Trinajstić information content (AvgIpc) is 2.29. The van der Waals surface area contributed by atoms with Crippen LogP contribution in [0.2, 0.25) is 0 Å². The van der Waals surface area contributed by atoms with E-state index in [1.807, 2.05) is 24.9 Å². The summed E-state index contributed by atoms with van der Waals surface area (Å²) in [5, 5.41) is 3.07. The largest absolute Gasteiger partial charge is 0.373 e. The quantitative estimate of drug-likeness (QED) is 0.755. The fourth-order valence-electron chi connectivity index (χ4n) is 1.23. The lowest BCUT2D eigenvalue weighted by molar-refractivity contribution is 0.940. The normalized spacial score (nSPS) is 10.3. The monoisotopic (exact) mass is 225 g/mol. The van der Waals surface area contributed by atoms with E-state index in [1.54, 1.807) is 0 Å². The standard InChI is InChI=1S/C11H19N3S/c1-4-6-15-8-11-13-9(5-2)7-10(12-3)14-11/h7H,4-6,8H2,1-3H3,(H,12,13,14). The number of aryl methyl sites for hydroxylation is 1. The second-order valence-corrected chi connectivity index (χ2v) is 4.42. The molecule has 0 saturated carbocycles. The van der Waals surface area contributed by atoms with Gasteiger partial charge in [-0.25, -0.2) is 9.97 Å². The molecule has 84 valence electrons. The molecule has 0 aliphatic rings. The maximum absolute atomic E-state index is 4.50. The van der Waals surface area contributed by atoms with Crippen LogP contribution in [0.5, 0.6) is 0 Å². The molecule has 0 radical (unpaired) electrons. The maximum atomic E-state index is 4.50. The summed E-state index contributed by atoms with van der Waals surface area (Å²) in [6, 6.07) is 2.01. The van der Waals surface area contributed by atoms with Gasteiger partial charge in [-0.05, 0) is 18.6 Å². The summed E-state index contributed by atoms with van der Waals surface area (Å²) in [6.45, 7) is 4.31. The second-order valence-electron chi connectivity index (χ2n) is 3.32. The first-order valence-corrected chi connectivity index (χ1v) is 6.58. The van der Waals surface area contributed by atoms with Crippen LogP contribution in [-0.2, 0) is 12.2 Å². The predicted octanol–water partition coefficient (Wildman–Crippen LogP) is 2.72. The number of thioether (sulfide) groups is 1. The van der Waals surface area contributed by atoms with Crippen molar-refractivity contribution in [1.82, 2.24) is 9.97 Å². The van der Waals surface area contributed by atoms with E-state index in [0.717, 1.165) is 29.5 Å². The molecule has 1 aromatic heterocycles. The first kappa shape index (κ1) is 12.3. The molecule has 0 saturated heterocycles. The Labute approximate surface area is 96.1 Å². The second kappa shape index (κ2) is 6.67. The van der Waals surface area contributed by atoms with Gasteiger partial charge >= 0.3 is 0 Å². The minimum atomic E-state index is 0.913. The number of aromatic nitrogens is 2. The number of nitrogens with zero attached hydrogens (tertiary/aromatic N) is 2. The summed E-state index contributed by atoms with van der Waals surface area (Å²) in [4.78, 5) is 8.93. The van der Waals surface area contributed by atoms with Gasteiger partial charge < -0.3 is 5.32 Å². The molecule has 0 bridgehead atoms. The molecule has 0 aliphatic carbocycles. The summed E-state index contributed by atoms with van der Waals surface area (Å²) in [5.74, 6) is 3.96. The Bertz CT molecular complexity index is 280. The fourth-order valence-corrected chi connectivity index (χ4v) is 1.98. The molecular formula is C11H19N3S. The van der Waals surface area contributed by atoms with E-state index in [0.29, 0.717) is 0 Å². The maximum Gasteiger partial charge on any atom is 0.140 e. The molecule has 15 heavy (non-hydrogen) atoms. The van der Waals surface area contributed by atoms with Crippen molar-refractivity contribution in [3.8, 4) is 0 Å². The lowest BCUT2D eigenvalue weighted by Gasteiger charge is -2.06. The van der Waals surface area contributed by atoms with Gasteiger partial charge in [0.1, 0.15) is 11.6 Å². The predicted molar refractivity (Wildman–Crippen MR) is 67.4 cm³/mol. The zero-order valence-electron chi connectivity index (χ0n) is 9.71. The SMILES string of the molecule is CCCSCc1nc(CC)cc(NC)n1. The van der Waals surface area contributed by atoms with E-state index in [-0.39, 0.29) is 0 Å². The Morgan fingerprint density at radius 1 is 1.33 bits per heavy atom. The van der Waals surface area contributed by atoms with Crippen molar-refractivity contribution in [1.29, 1.82) is 0 Å². The Balaban J connectivity index is 2.68. The summed E-state index contributed by atoms with van der Waals surface area (Å²) < 4.78 is 0. The first-order chi connectivity index (χ1) is 7.30. The van der Waals surface area contributed by atoms with E-state index in [1.165, 1.54) is 12.2 Å². The first-order valence-electron chi connectivity index (χ1n) is 5.42. The summed E-state index contributed by atoms with van der Waals surface area (Å²) in [6.07, 6.45) is 2.17. The van der Waals surface area contributed by atoms with Gasteiger partial charge in [-0.1, -0.05) is 13.8 Å². The highest BCUT2D eigenvalue weighted by Crippen LogP contribution is 2.13. The molecule has 0 atom stereocenters. The average molecular weight is 225 g/mol. The molecule has 1 aromatic rings. The molecule has 1 rings (SSSR count). The number of hydrogen-bond donors (Lipinski definition) is 1. The smallest absolute Gasteiger partial charge is 0.140 e. The highest BCUT2D eigenvalue weighted by atomic mass is 32.2. The van der Waals surface area contributed by atoms with Crippen molar-refractivity contribution in [2.75, 3.05) is 18.1 Å². The number of nitrogens with one attached hydrogen (secondary N) is 1. The van der Waals surface area contributed by atoms with Gasteiger partial charge in [-0.2, -0.15) is 11.8 Å². The molecule has 0 aromatic carbocycles. The number of anilines is 1. The zero-order valence-corrected chi connectivity index (χ0v) is 10.5. The number of rotatable bonds is 6. The third-order valence-corrected chi connectivity index (χ3v) is 3.18. The van der Waals surface area contributed by atoms with Gasteiger partial charge in [-0.3, -0.25) is 0 Å². The molecule has 1 N–H and O–H groups in total. The third-order valence-electron chi connectivity index (χ3n) is 2.02. The van der Waals surface area contributed by atoms with E-state index >= 15 is 0 Å². The number of hydrogen-bond acceptors (Lipinski definition) is 4. The van der Waals surface area contributed by atoms with Crippen LogP contribution < -0.4 is 5.32 Å². The van der Waals surface area contributed by atoms with Gasteiger partial charge in [0, 0.05) is 18.8 Å². The fraction of sp³-hybridized carbons (Fsp3) is 0.636. The van der Waals surface area contributed by atoms with Crippen molar-refractivity contribution in [3.05, 3.63) is 17.6 Å². The van der Waals surface area contributed by atoms with E-state index < -0.39 is 0 Å². The molecule has 3 nitrogen and oxygen atoms in total. The van der Waals surface area contributed by atoms with Crippen LogP contribution in [0.1, 0.15) is 31.8 Å². The molecular weight excluding hydrogens is 206 g/mol. The van der Waals surface area contributed by atoms with Crippen molar-refractivity contribution < 1.29 is 0 Å². The van der Waals surface area contributed by atoms with E-state index in [9.17, 15) is 0 Å². The van der Waals surface area contributed by atoms with Crippen molar-refractivity contribution in [3.63, 3.8) is 0 Å². The Hall–Kier alpha value is -0.770. The van der Waals surface area contributed by atoms with Gasteiger partial charge in [0.15, 0.2) is 0 Å². The van der Waals surface area contributed by atoms with Crippen LogP contribution in [0.15, 0.2) is 6.07 Å². The van der Waals surface area contributed by atoms with Gasteiger partial charge in [0.2, 0.25) is 0 Å². The van der Waals surface area contributed by atoms with Crippen LogP contribution in [-0.4, -0.2) is 22.8 Å². The van der Waals surface area contributed by atoms with E-state index in [2.05, 4.69) is 29.1 Å². The lowest BCUT2D eigenvalue weighted by Crippen LogP contribution is -2.02. The molecule has 4 heteroatoms. The highest BCUT2D eigenvalue weighted by Gasteiger charge is 2.02.